The molecule has 0 spiro atoms. The number of rotatable bonds is 3. The van der Waals surface area contributed by atoms with Crippen LogP contribution in [0.4, 0.5) is 4.79 Å². The lowest BCUT2D eigenvalue weighted by atomic mass is 10.2. The van der Waals surface area contributed by atoms with E-state index < -0.39 is 6.09 Å². The van der Waals surface area contributed by atoms with Gasteiger partial charge < -0.3 is 9.74 Å². The van der Waals surface area contributed by atoms with Crippen LogP contribution in [0.15, 0.2) is 42.7 Å². The molecule has 0 aliphatic carbocycles. The maximum Gasteiger partial charge on any atom is 0.434 e. The Morgan fingerprint density at radius 1 is 1.18 bits per heavy atom. The fourth-order valence-electron chi connectivity index (χ4n) is 2.41. The monoisotopic (exact) mass is 320 g/mol. The van der Waals surface area contributed by atoms with E-state index in [0.717, 1.165) is 19.6 Å². The fourth-order valence-corrected chi connectivity index (χ4v) is 2.56. The number of hydrogen-bond acceptors (Lipinski definition) is 4. The summed E-state index contributed by atoms with van der Waals surface area (Å²) in [6.07, 6.45) is 2.58. The van der Waals surface area contributed by atoms with Gasteiger partial charge in [-0.1, -0.05) is 30.3 Å². The van der Waals surface area contributed by atoms with Gasteiger partial charge >= 0.3 is 6.09 Å². The molecule has 1 amide bonds. The van der Waals surface area contributed by atoms with Crippen LogP contribution in [-0.2, 0) is 6.54 Å². The van der Waals surface area contributed by atoms with E-state index in [0.29, 0.717) is 13.1 Å². The molecule has 1 aliphatic heterocycles. The van der Waals surface area contributed by atoms with Gasteiger partial charge in [0.1, 0.15) is 0 Å². The van der Waals surface area contributed by atoms with Crippen LogP contribution in [0, 0.1) is 0 Å². The quantitative estimate of drug-likeness (QED) is 0.867. The first-order chi connectivity index (χ1) is 10.7. The largest absolute Gasteiger partial charge is 0.434 e. The van der Waals surface area contributed by atoms with E-state index in [1.807, 2.05) is 18.2 Å². The number of aromatic nitrogens is 2. The predicted molar refractivity (Wildman–Crippen MR) is 82.5 cm³/mol. The zero-order valence-corrected chi connectivity index (χ0v) is 12.8. The molecule has 2 aromatic rings. The van der Waals surface area contributed by atoms with Gasteiger partial charge in [0.15, 0.2) is 0 Å². The van der Waals surface area contributed by atoms with Crippen LogP contribution in [0.2, 0.25) is 5.28 Å². The average molecular weight is 321 g/mol. The Morgan fingerprint density at radius 3 is 2.55 bits per heavy atom. The van der Waals surface area contributed by atoms with Crippen LogP contribution in [0.25, 0.3) is 0 Å². The van der Waals surface area contributed by atoms with E-state index in [9.17, 15) is 4.79 Å². The predicted octanol–water partition coefficient (Wildman–Crippen LogP) is 1.90. The van der Waals surface area contributed by atoms with Gasteiger partial charge in [0.2, 0.25) is 5.28 Å². The van der Waals surface area contributed by atoms with E-state index in [4.69, 9.17) is 16.4 Å². The molecular formula is C15H17ClN4O2. The minimum Gasteiger partial charge on any atom is -0.314 e. The van der Waals surface area contributed by atoms with Crippen LogP contribution in [0.1, 0.15) is 5.56 Å². The van der Waals surface area contributed by atoms with E-state index >= 15 is 0 Å². The topological polar surface area (TPSA) is 50.6 Å². The van der Waals surface area contributed by atoms with Crippen molar-refractivity contribution in [3.63, 3.8) is 0 Å². The number of halogens is 1. The summed E-state index contributed by atoms with van der Waals surface area (Å²) in [5, 5.41) is 0.135. The van der Waals surface area contributed by atoms with Crippen molar-refractivity contribution in [3.8, 4) is 0 Å². The van der Waals surface area contributed by atoms with Crippen LogP contribution in [0.5, 0.6) is 0 Å². The molecule has 1 fully saturated rings. The van der Waals surface area contributed by atoms with Crippen molar-refractivity contribution in [2.45, 2.75) is 6.54 Å². The Kier molecular flexibility index (Phi) is 4.60. The van der Waals surface area contributed by atoms with E-state index in [1.165, 1.54) is 22.7 Å². The highest BCUT2D eigenvalue weighted by molar-refractivity contribution is 6.28. The number of nitrogens with zero attached hydrogens (tertiary/aromatic N) is 4. The molecular weight excluding hydrogens is 304 g/mol. The number of piperazine rings is 1. The number of hydrogen-bond donors (Lipinski definition) is 0. The first-order valence-electron chi connectivity index (χ1n) is 7.15. The third-order valence-electron chi connectivity index (χ3n) is 3.62. The number of carbonyl (C=O) groups is 1. The number of amides is 1. The van der Waals surface area contributed by atoms with Gasteiger partial charge in [-0.3, -0.25) is 4.90 Å². The zero-order valence-electron chi connectivity index (χ0n) is 12.1. The Hall–Kier alpha value is -2.05. The summed E-state index contributed by atoms with van der Waals surface area (Å²) in [6.45, 7) is 3.82. The van der Waals surface area contributed by atoms with Crippen molar-refractivity contribution < 1.29 is 9.63 Å². The lowest BCUT2D eigenvalue weighted by Gasteiger charge is -2.33. The summed E-state index contributed by atoms with van der Waals surface area (Å²) < 4.78 is 1.17. The van der Waals surface area contributed by atoms with Crippen LogP contribution in [-0.4, -0.2) is 51.8 Å². The highest BCUT2D eigenvalue weighted by Crippen LogP contribution is 2.09. The molecule has 7 heteroatoms. The van der Waals surface area contributed by atoms with Crippen molar-refractivity contribution in [2.75, 3.05) is 26.2 Å². The van der Waals surface area contributed by atoms with Crippen LogP contribution < -0.4 is 4.84 Å². The fraction of sp³-hybridized carbons (Fsp3) is 0.333. The van der Waals surface area contributed by atoms with E-state index in [1.54, 1.807) is 4.90 Å². The zero-order chi connectivity index (χ0) is 15.4. The molecule has 0 saturated carbocycles. The van der Waals surface area contributed by atoms with Gasteiger partial charge in [0, 0.05) is 32.7 Å². The second-order valence-corrected chi connectivity index (χ2v) is 5.47. The Labute approximate surface area is 133 Å². The summed E-state index contributed by atoms with van der Waals surface area (Å²) in [4.78, 5) is 25.0. The molecule has 3 rings (SSSR count). The minimum absolute atomic E-state index is 0.135. The summed E-state index contributed by atoms with van der Waals surface area (Å²) >= 11 is 5.78. The lowest BCUT2D eigenvalue weighted by molar-refractivity contribution is 0.0679. The van der Waals surface area contributed by atoms with Gasteiger partial charge in [0.05, 0.1) is 12.4 Å². The maximum atomic E-state index is 12.1. The van der Waals surface area contributed by atoms with Gasteiger partial charge in [0.25, 0.3) is 0 Å². The second kappa shape index (κ2) is 6.81. The lowest BCUT2D eigenvalue weighted by Crippen LogP contribution is -2.50. The molecule has 22 heavy (non-hydrogen) atoms. The Morgan fingerprint density at radius 2 is 1.91 bits per heavy atom. The molecule has 0 bridgehead atoms. The van der Waals surface area contributed by atoms with Crippen molar-refractivity contribution in [1.29, 1.82) is 0 Å². The normalized spacial score (nSPS) is 15.8. The molecule has 1 aromatic carbocycles. The molecule has 1 aliphatic rings. The average Bonchev–Trinajstić information content (AvgIpc) is 2.94. The van der Waals surface area contributed by atoms with Gasteiger partial charge in [-0.2, -0.15) is 0 Å². The molecule has 0 unspecified atom stereocenters. The number of imidazole rings is 1. The molecule has 0 N–H and O–H groups in total. The third kappa shape index (κ3) is 3.58. The van der Waals surface area contributed by atoms with Gasteiger partial charge in [-0.25, -0.2) is 9.78 Å². The summed E-state index contributed by atoms with van der Waals surface area (Å²) in [6, 6.07) is 10.3. The minimum atomic E-state index is -0.403. The molecule has 0 atom stereocenters. The Bertz CT molecular complexity index is 623. The smallest absolute Gasteiger partial charge is 0.314 e. The second-order valence-electron chi connectivity index (χ2n) is 5.13. The molecule has 0 radical (unpaired) electrons. The van der Waals surface area contributed by atoms with Crippen LogP contribution in [0.3, 0.4) is 0 Å². The van der Waals surface area contributed by atoms with Gasteiger partial charge in [-0.05, 0) is 17.2 Å². The number of benzene rings is 1. The summed E-state index contributed by atoms with van der Waals surface area (Å²) in [5.74, 6) is 0. The van der Waals surface area contributed by atoms with Crippen molar-refractivity contribution in [2.24, 2.45) is 0 Å². The number of carbonyl (C=O) groups excluding carboxylic acids is 1. The van der Waals surface area contributed by atoms with Crippen molar-refractivity contribution >= 4 is 17.7 Å². The first-order valence-corrected chi connectivity index (χ1v) is 7.52. The molecule has 1 saturated heterocycles. The highest BCUT2D eigenvalue weighted by Gasteiger charge is 2.23. The summed E-state index contributed by atoms with van der Waals surface area (Å²) in [7, 11) is 0. The van der Waals surface area contributed by atoms with E-state index in [-0.39, 0.29) is 5.28 Å². The first kappa shape index (κ1) is 14.9. The molecule has 116 valence electrons. The molecule has 2 heterocycles. The molecule has 6 nitrogen and oxygen atoms in total. The third-order valence-corrected chi connectivity index (χ3v) is 3.89. The Balaban J connectivity index is 1.49. The maximum absolute atomic E-state index is 12.1. The van der Waals surface area contributed by atoms with Gasteiger partial charge in [-0.15, -0.1) is 4.73 Å². The van der Waals surface area contributed by atoms with Crippen molar-refractivity contribution in [1.82, 2.24) is 19.5 Å². The highest BCUT2D eigenvalue weighted by atomic mass is 35.5. The molecule has 1 aromatic heterocycles. The standard InChI is InChI=1S/C15H17ClN4O2/c16-14-17-6-7-20(14)22-15(21)19-10-8-18(9-11-19)12-13-4-2-1-3-5-13/h1-7H,8-12H2. The van der Waals surface area contributed by atoms with E-state index in [2.05, 4.69) is 22.0 Å². The van der Waals surface area contributed by atoms with Crippen LogP contribution >= 0.6 is 11.6 Å². The summed E-state index contributed by atoms with van der Waals surface area (Å²) in [5.41, 5.74) is 1.28. The SMILES string of the molecule is O=C(On1ccnc1Cl)N1CCN(Cc2ccccc2)CC1. The van der Waals surface area contributed by atoms with Crippen molar-refractivity contribution in [3.05, 3.63) is 53.6 Å².